The summed E-state index contributed by atoms with van der Waals surface area (Å²) < 4.78 is 0. The number of rotatable bonds is 6. The number of hydrogen-bond donors (Lipinski definition) is 1. The molecule has 1 heterocycles. The van der Waals surface area contributed by atoms with E-state index in [2.05, 4.69) is 31.0 Å². The predicted molar refractivity (Wildman–Crippen MR) is 88.1 cm³/mol. The third kappa shape index (κ3) is 4.21. The molecule has 0 bridgehead atoms. The molecule has 2 aliphatic rings. The topological polar surface area (TPSA) is 15.3 Å². The second kappa shape index (κ2) is 8.38. The van der Waals surface area contributed by atoms with E-state index in [0.29, 0.717) is 0 Å². The van der Waals surface area contributed by atoms with Crippen LogP contribution in [0.2, 0.25) is 0 Å². The van der Waals surface area contributed by atoms with Crippen molar-refractivity contribution in [3.05, 3.63) is 0 Å². The molecule has 1 saturated heterocycles. The number of nitrogens with zero attached hydrogens (tertiary/aromatic N) is 1. The summed E-state index contributed by atoms with van der Waals surface area (Å²) in [5, 5.41) is 3.81. The van der Waals surface area contributed by atoms with Gasteiger partial charge in [-0.1, -0.05) is 52.9 Å². The third-order valence-electron chi connectivity index (χ3n) is 5.87. The van der Waals surface area contributed by atoms with Crippen LogP contribution in [0.4, 0.5) is 0 Å². The van der Waals surface area contributed by atoms with Gasteiger partial charge in [0.2, 0.25) is 0 Å². The summed E-state index contributed by atoms with van der Waals surface area (Å²) in [6.45, 7) is 10.9. The van der Waals surface area contributed by atoms with Gasteiger partial charge < -0.3 is 5.32 Å². The quantitative estimate of drug-likeness (QED) is 0.789. The van der Waals surface area contributed by atoms with Crippen molar-refractivity contribution in [1.82, 2.24) is 10.2 Å². The molecule has 0 amide bonds. The summed E-state index contributed by atoms with van der Waals surface area (Å²) in [5.74, 6) is 1.86. The van der Waals surface area contributed by atoms with Gasteiger partial charge in [0.15, 0.2) is 0 Å². The molecule has 1 saturated carbocycles. The fourth-order valence-electron chi connectivity index (χ4n) is 4.25. The number of piperazine rings is 1. The molecule has 2 rings (SSSR count). The molecular weight excluding hydrogens is 244 g/mol. The van der Waals surface area contributed by atoms with Crippen molar-refractivity contribution in [1.29, 1.82) is 0 Å². The number of hydrogen-bond acceptors (Lipinski definition) is 2. The molecule has 2 nitrogen and oxygen atoms in total. The van der Waals surface area contributed by atoms with E-state index < -0.39 is 0 Å². The van der Waals surface area contributed by atoms with E-state index >= 15 is 0 Å². The van der Waals surface area contributed by atoms with Crippen molar-refractivity contribution >= 4 is 0 Å². The Kier molecular flexibility index (Phi) is 6.83. The minimum absolute atomic E-state index is 0.726. The second-order valence-electron chi connectivity index (χ2n) is 7.12. The van der Waals surface area contributed by atoms with Crippen molar-refractivity contribution < 1.29 is 0 Å². The molecule has 2 heteroatoms. The summed E-state index contributed by atoms with van der Waals surface area (Å²) in [4.78, 5) is 2.87. The average Bonchev–Trinajstić information content (AvgIpc) is 2.53. The van der Waals surface area contributed by atoms with E-state index in [4.69, 9.17) is 0 Å². The summed E-state index contributed by atoms with van der Waals surface area (Å²) in [7, 11) is 0. The molecule has 2 unspecified atom stereocenters. The van der Waals surface area contributed by atoms with Crippen molar-refractivity contribution in [3.63, 3.8) is 0 Å². The van der Waals surface area contributed by atoms with E-state index in [1.54, 1.807) is 0 Å². The predicted octanol–water partition coefficient (Wildman–Crippen LogP) is 4.06. The lowest BCUT2D eigenvalue weighted by atomic mass is 9.81. The highest BCUT2D eigenvalue weighted by Gasteiger charge is 2.33. The largest absolute Gasteiger partial charge is 0.311 e. The molecule has 20 heavy (non-hydrogen) atoms. The summed E-state index contributed by atoms with van der Waals surface area (Å²) in [5.41, 5.74) is 0. The SMILES string of the molecule is CCC(CC)CN1CC(CC)NCC1C1CCCCC1. The maximum absolute atomic E-state index is 3.81. The Morgan fingerprint density at radius 2 is 1.75 bits per heavy atom. The first-order chi connectivity index (χ1) is 9.78. The van der Waals surface area contributed by atoms with Crippen LogP contribution >= 0.6 is 0 Å². The van der Waals surface area contributed by atoms with Gasteiger partial charge >= 0.3 is 0 Å². The Morgan fingerprint density at radius 1 is 1.05 bits per heavy atom. The molecule has 0 aromatic rings. The highest BCUT2D eigenvalue weighted by Crippen LogP contribution is 2.31. The number of nitrogens with one attached hydrogen (secondary N) is 1. The van der Waals surface area contributed by atoms with Crippen molar-refractivity contribution in [2.75, 3.05) is 19.6 Å². The summed E-state index contributed by atoms with van der Waals surface area (Å²) in [6, 6.07) is 1.54. The Balaban J connectivity index is 1.98. The Bertz CT molecular complexity index is 256. The zero-order chi connectivity index (χ0) is 14.4. The molecule has 0 spiro atoms. The smallest absolute Gasteiger partial charge is 0.0249 e. The van der Waals surface area contributed by atoms with Crippen LogP contribution in [-0.2, 0) is 0 Å². The first-order valence-corrected chi connectivity index (χ1v) is 9.25. The molecule has 1 aliphatic carbocycles. The van der Waals surface area contributed by atoms with Crippen LogP contribution < -0.4 is 5.32 Å². The standard InChI is InChI=1S/C18H36N2/c1-4-15(5-2)13-20-14-17(6-3)19-12-18(20)16-10-8-7-9-11-16/h15-19H,4-14H2,1-3H3. The zero-order valence-electron chi connectivity index (χ0n) is 14.0. The molecule has 118 valence electrons. The normalized spacial score (nSPS) is 30.0. The van der Waals surface area contributed by atoms with Crippen LogP contribution in [0.15, 0.2) is 0 Å². The van der Waals surface area contributed by atoms with Crippen LogP contribution in [-0.4, -0.2) is 36.6 Å². The summed E-state index contributed by atoms with van der Waals surface area (Å²) in [6.07, 6.45) is 11.3. The molecule has 0 aromatic heterocycles. The van der Waals surface area contributed by atoms with Gasteiger partial charge in [-0.3, -0.25) is 4.90 Å². The average molecular weight is 281 g/mol. The van der Waals surface area contributed by atoms with Crippen LogP contribution in [0.25, 0.3) is 0 Å². The fraction of sp³-hybridized carbons (Fsp3) is 1.00. The van der Waals surface area contributed by atoms with Crippen LogP contribution in [0.1, 0.15) is 72.1 Å². The van der Waals surface area contributed by atoms with Gasteiger partial charge in [-0.2, -0.15) is 0 Å². The van der Waals surface area contributed by atoms with E-state index in [0.717, 1.165) is 23.9 Å². The van der Waals surface area contributed by atoms with Gasteiger partial charge in [-0.05, 0) is 31.1 Å². The highest BCUT2D eigenvalue weighted by atomic mass is 15.2. The first-order valence-electron chi connectivity index (χ1n) is 9.25. The van der Waals surface area contributed by atoms with E-state index in [9.17, 15) is 0 Å². The van der Waals surface area contributed by atoms with Crippen molar-refractivity contribution in [2.24, 2.45) is 11.8 Å². The second-order valence-corrected chi connectivity index (χ2v) is 7.12. The summed E-state index contributed by atoms with van der Waals surface area (Å²) >= 11 is 0. The van der Waals surface area contributed by atoms with E-state index in [1.165, 1.54) is 71.0 Å². The third-order valence-corrected chi connectivity index (χ3v) is 5.87. The molecule has 2 atom stereocenters. The zero-order valence-corrected chi connectivity index (χ0v) is 14.0. The minimum atomic E-state index is 0.726. The molecule has 2 fully saturated rings. The molecular formula is C18H36N2. The van der Waals surface area contributed by atoms with Crippen molar-refractivity contribution in [3.8, 4) is 0 Å². The van der Waals surface area contributed by atoms with Crippen LogP contribution in [0.3, 0.4) is 0 Å². The van der Waals surface area contributed by atoms with Crippen LogP contribution in [0, 0.1) is 11.8 Å². The van der Waals surface area contributed by atoms with Gasteiger partial charge in [0.1, 0.15) is 0 Å². The fourth-order valence-corrected chi connectivity index (χ4v) is 4.25. The van der Waals surface area contributed by atoms with Gasteiger partial charge in [-0.25, -0.2) is 0 Å². The molecule has 0 radical (unpaired) electrons. The highest BCUT2D eigenvalue weighted by molar-refractivity contribution is 4.91. The van der Waals surface area contributed by atoms with E-state index in [-0.39, 0.29) is 0 Å². The van der Waals surface area contributed by atoms with E-state index in [1.807, 2.05) is 0 Å². The maximum atomic E-state index is 3.81. The minimum Gasteiger partial charge on any atom is -0.311 e. The Hall–Kier alpha value is -0.0800. The Morgan fingerprint density at radius 3 is 2.35 bits per heavy atom. The van der Waals surface area contributed by atoms with Crippen molar-refractivity contribution in [2.45, 2.75) is 84.2 Å². The molecule has 1 aliphatic heterocycles. The lowest BCUT2D eigenvalue weighted by Gasteiger charge is -2.46. The molecule has 1 N–H and O–H groups in total. The lowest BCUT2D eigenvalue weighted by Crippen LogP contribution is -2.59. The monoisotopic (exact) mass is 280 g/mol. The lowest BCUT2D eigenvalue weighted by molar-refractivity contribution is 0.0560. The van der Waals surface area contributed by atoms with Gasteiger partial charge in [0, 0.05) is 31.7 Å². The first kappa shape index (κ1) is 16.3. The van der Waals surface area contributed by atoms with Crippen LogP contribution in [0.5, 0.6) is 0 Å². The van der Waals surface area contributed by atoms with Gasteiger partial charge in [0.25, 0.3) is 0 Å². The maximum Gasteiger partial charge on any atom is 0.0249 e. The Labute approximate surface area is 126 Å². The molecule has 0 aromatic carbocycles. The van der Waals surface area contributed by atoms with Gasteiger partial charge in [-0.15, -0.1) is 0 Å². The van der Waals surface area contributed by atoms with Gasteiger partial charge in [0.05, 0.1) is 0 Å².